The zero-order chi connectivity index (χ0) is 13.1. The molecule has 1 aromatic heterocycles. The lowest BCUT2D eigenvalue weighted by Gasteiger charge is -2.05. The monoisotopic (exact) mass is 268 g/mol. The lowest BCUT2D eigenvalue weighted by Crippen LogP contribution is -2.29. The van der Waals surface area contributed by atoms with Crippen LogP contribution in [0.4, 0.5) is 0 Å². The van der Waals surface area contributed by atoms with Gasteiger partial charge in [0, 0.05) is 30.1 Å². The third-order valence-corrected chi connectivity index (χ3v) is 3.77. The first kappa shape index (κ1) is 12.9. The van der Waals surface area contributed by atoms with Crippen molar-refractivity contribution in [3.63, 3.8) is 0 Å². The molecule has 0 spiro atoms. The highest BCUT2D eigenvalue weighted by molar-refractivity contribution is 8.14. The Balaban J connectivity index is 1.91. The van der Waals surface area contributed by atoms with Crippen molar-refractivity contribution in [2.75, 3.05) is 12.3 Å². The number of nitrogens with one attached hydrogen (secondary N) is 2. The predicted octanol–water partition coefficient (Wildman–Crippen LogP) is 0.402. The van der Waals surface area contributed by atoms with Gasteiger partial charge in [0.2, 0.25) is 5.91 Å². The molecule has 0 fully saturated rings. The first-order valence-corrected chi connectivity index (χ1v) is 6.79. The van der Waals surface area contributed by atoms with Crippen LogP contribution in [0.15, 0.2) is 9.79 Å². The molecular weight excluding hydrogens is 252 g/mol. The van der Waals surface area contributed by atoms with Crippen molar-refractivity contribution in [3.8, 4) is 0 Å². The summed E-state index contributed by atoms with van der Waals surface area (Å²) in [5, 5.41) is 3.43. The summed E-state index contributed by atoms with van der Waals surface area (Å²) in [7, 11) is 0. The fourth-order valence-corrected chi connectivity index (χ4v) is 2.49. The van der Waals surface area contributed by atoms with Gasteiger partial charge in [-0.2, -0.15) is 0 Å². The van der Waals surface area contributed by atoms with Gasteiger partial charge in [0.1, 0.15) is 0 Å². The zero-order valence-corrected chi connectivity index (χ0v) is 11.3. The lowest BCUT2D eigenvalue weighted by molar-refractivity contribution is -0.119. The fourth-order valence-electron chi connectivity index (χ4n) is 1.75. The number of hydrogen-bond acceptors (Lipinski definition) is 4. The maximum Gasteiger partial charge on any atom is 0.325 e. The molecular formula is C11H16N4O2S. The quantitative estimate of drug-likeness (QED) is 0.833. The van der Waals surface area contributed by atoms with Crippen LogP contribution in [0.25, 0.3) is 0 Å². The van der Waals surface area contributed by atoms with Crippen molar-refractivity contribution in [2.45, 2.75) is 26.8 Å². The number of H-pyrrole nitrogens is 1. The molecule has 2 rings (SSSR count). The number of carbonyl (C=O) groups excluding carboxylic acids is 1. The molecule has 0 radical (unpaired) electrons. The molecule has 0 bridgehead atoms. The van der Waals surface area contributed by atoms with Crippen LogP contribution in [-0.4, -0.2) is 32.9 Å². The van der Waals surface area contributed by atoms with E-state index >= 15 is 0 Å². The number of thioether (sulfide) groups is 1. The van der Waals surface area contributed by atoms with E-state index in [0.717, 1.165) is 23.7 Å². The minimum atomic E-state index is -0.162. The molecule has 1 amide bonds. The average Bonchev–Trinajstić information content (AvgIpc) is 2.88. The Labute approximate surface area is 109 Å². The third-order valence-electron chi connectivity index (χ3n) is 2.88. The molecule has 2 N–H and O–H groups in total. The smallest absolute Gasteiger partial charge is 0.310 e. The van der Waals surface area contributed by atoms with Crippen molar-refractivity contribution >= 4 is 22.8 Å². The van der Waals surface area contributed by atoms with Crippen LogP contribution in [-0.2, 0) is 11.3 Å². The highest BCUT2D eigenvalue weighted by Crippen LogP contribution is 2.09. The lowest BCUT2D eigenvalue weighted by atomic mass is 10.3. The van der Waals surface area contributed by atoms with E-state index in [4.69, 9.17) is 0 Å². The van der Waals surface area contributed by atoms with E-state index in [1.807, 2.05) is 13.8 Å². The zero-order valence-electron chi connectivity index (χ0n) is 10.4. The van der Waals surface area contributed by atoms with E-state index in [9.17, 15) is 9.59 Å². The molecule has 0 saturated carbocycles. The van der Waals surface area contributed by atoms with Gasteiger partial charge < -0.3 is 10.3 Å². The number of amidine groups is 1. The predicted molar refractivity (Wildman–Crippen MR) is 72.0 cm³/mol. The van der Waals surface area contributed by atoms with E-state index in [0.29, 0.717) is 11.7 Å². The first-order chi connectivity index (χ1) is 8.58. The highest BCUT2D eigenvalue weighted by atomic mass is 32.2. The topological polar surface area (TPSA) is 79.2 Å². The number of aromatic nitrogens is 2. The largest absolute Gasteiger partial charge is 0.325 e. The summed E-state index contributed by atoms with van der Waals surface area (Å²) < 4.78 is 1.58. The van der Waals surface area contributed by atoms with Crippen molar-refractivity contribution < 1.29 is 4.79 Å². The summed E-state index contributed by atoms with van der Waals surface area (Å²) in [6.07, 6.45) is 0.275. The van der Waals surface area contributed by atoms with Crippen LogP contribution in [0.2, 0.25) is 0 Å². The Hall–Kier alpha value is -1.50. The SMILES string of the molecule is Cc1[nH]c(=O)n(CCC(=O)NC2=NCCS2)c1C. The average molecular weight is 268 g/mol. The Bertz CT molecular complexity index is 544. The number of hydrogen-bond donors (Lipinski definition) is 2. The van der Waals surface area contributed by atoms with Crippen LogP contribution < -0.4 is 11.0 Å². The standard InChI is InChI=1S/C11H16N4O2S/c1-7-8(2)15(11(17)13-7)5-3-9(16)14-10-12-4-6-18-10/h3-6H2,1-2H3,(H,13,17)(H,12,14,16). The summed E-state index contributed by atoms with van der Waals surface area (Å²) in [5.74, 6) is 0.818. The maximum absolute atomic E-state index is 11.7. The fraction of sp³-hybridized carbons (Fsp3) is 0.545. The normalized spacial score (nSPS) is 14.7. The molecule has 1 aliphatic rings. The van der Waals surface area contributed by atoms with Gasteiger partial charge in [-0.1, -0.05) is 11.8 Å². The van der Waals surface area contributed by atoms with E-state index in [2.05, 4.69) is 15.3 Å². The molecule has 0 aromatic carbocycles. The molecule has 6 nitrogen and oxygen atoms in total. The van der Waals surface area contributed by atoms with Gasteiger partial charge in [-0.15, -0.1) is 0 Å². The van der Waals surface area contributed by atoms with Crippen molar-refractivity contribution in [2.24, 2.45) is 4.99 Å². The van der Waals surface area contributed by atoms with Crippen molar-refractivity contribution in [3.05, 3.63) is 21.9 Å². The Morgan fingerprint density at radius 3 is 2.89 bits per heavy atom. The van der Waals surface area contributed by atoms with Crippen LogP contribution in [0.3, 0.4) is 0 Å². The number of rotatable bonds is 3. The second-order valence-electron chi connectivity index (χ2n) is 4.13. The molecule has 2 heterocycles. The molecule has 1 aromatic rings. The summed E-state index contributed by atoms with van der Waals surface area (Å²) >= 11 is 1.55. The number of amides is 1. The number of imidazole rings is 1. The van der Waals surface area contributed by atoms with Crippen LogP contribution >= 0.6 is 11.8 Å². The van der Waals surface area contributed by atoms with Crippen LogP contribution in [0, 0.1) is 13.8 Å². The number of aliphatic imine (C=N–C) groups is 1. The third kappa shape index (κ3) is 2.84. The highest BCUT2D eigenvalue weighted by Gasteiger charge is 2.12. The first-order valence-electron chi connectivity index (χ1n) is 5.81. The summed E-state index contributed by atoms with van der Waals surface area (Å²) in [6, 6.07) is 0. The van der Waals surface area contributed by atoms with Crippen molar-refractivity contribution in [1.82, 2.24) is 14.9 Å². The number of aromatic amines is 1. The van der Waals surface area contributed by atoms with Gasteiger partial charge >= 0.3 is 5.69 Å². The molecule has 0 atom stereocenters. The van der Waals surface area contributed by atoms with Crippen molar-refractivity contribution in [1.29, 1.82) is 0 Å². The number of carbonyl (C=O) groups is 1. The number of nitrogens with zero attached hydrogens (tertiary/aromatic N) is 2. The van der Waals surface area contributed by atoms with E-state index in [-0.39, 0.29) is 18.0 Å². The van der Waals surface area contributed by atoms with E-state index in [1.165, 1.54) is 0 Å². The molecule has 0 aliphatic carbocycles. The van der Waals surface area contributed by atoms with Crippen LogP contribution in [0.5, 0.6) is 0 Å². The van der Waals surface area contributed by atoms with Gasteiger partial charge in [-0.05, 0) is 13.8 Å². The molecule has 98 valence electrons. The summed E-state index contributed by atoms with van der Waals surface area (Å²) in [4.78, 5) is 30.1. The molecule has 7 heteroatoms. The summed E-state index contributed by atoms with van der Waals surface area (Å²) in [6.45, 7) is 4.86. The van der Waals surface area contributed by atoms with Gasteiger partial charge in [0.15, 0.2) is 5.17 Å². The molecule has 0 saturated heterocycles. The van der Waals surface area contributed by atoms with Gasteiger partial charge in [0.25, 0.3) is 0 Å². The maximum atomic E-state index is 11.7. The van der Waals surface area contributed by atoms with Gasteiger partial charge in [-0.3, -0.25) is 14.4 Å². The minimum Gasteiger partial charge on any atom is -0.310 e. The number of aryl methyl sites for hydroxylation is 1. The van der Waals surface area contributed by atoms with E-state index < -0.39 is 0 Å². The Kier molecular flexibility index (Phi) is 3.90. The second kappa shape index (κ2) is 5.43. The Morgan fingerprint density at radius 1 is 1.56 bits per heavy atom. The van der Waals surface area contributed by atoms with Gasteiger partial charge in [0.05, 0.1) is 6.54 Å². The minimum absolute atomic E-state index is 0.103. The summed E-state index contributed by atoms with van der Waals surface area (Å²) in [5.41, 5.74) is 1.56. The molecule has 1 aliphatic heterocycles. The van der Waals surface area contributed by atoms with Crippen LogP contribution in [0.1, 0.15) is 17.8 Å². The van der Waals surface area contributed by atoms with Gasteiger partial charge in [-0.25, -0.2) is 4.79 Å². The molecule has 18 heavy (non-hydrogen) atoms. The molecule has 0 unspecified atom stereocenters. The van der Waals surface area contributed by atoms with E-state index in [1.54, 1.807) is 16.3 Å². The second-order valence-corrected chi connectivity index (χ2v) is 5.21. The Morgan fingerprint density at radius 2 is 2.33 bits per heavy atom.